The molecule has 94 valence electrons. The fourth-order valence-electron chi connectivity index (χ4n) is 1.49. The van der Waals surface area contributed by atoms with Gasteiger partial charge in [0.05, 0.1) is 5.69 Å². The minimum atomic E-state index is -0.0136. The maximum Gasteiger partial charge on any atom is 0.0569 e. The van der Waals surface area contributed by atoms with Gasteiger partial charge in [-0.1, -0.05) is 23.7 Å². The molecule has 1 aromatic heterocycles. The molecule has 0 spiro atoms. The van der Waals surface area contributed by atoms with E-state index in [2.05, 4.69) is 11.1 Å². The van der Waals surface area contributed by atoms with Gasteiger partial charge in [-0.25, -0.2) is 0 Å². The van der Waals surface area contributed by atoms with E-state index in [9.17, 15) is 0 Å². The largest absolute Gasteiger partial charge is 0.323 e. The summed E-state index contributed by atoms with van der Waals surface area (Å²) in [6.45, 7) is 1.93. The van der Waals surface area contributed by atoms with E-state index in [1.54, 1.807) is 11.8 Å². The number of halogens is 1. The molecule has 0 aliphatic rings. The van der Waals surface area contributed by atoms with Gasteiger partial charge in [-0.2, -0.15) is 0 Å². The van der Waals surface area contributed by atoms with Crippen molar-refractivity contribution in [3.63, 3.8) is 0 Å². The fourth-order valence-corrected chi connectivity index (χ4v) is 2.44. The Morgan fingerprint density at radius 3 is 2.50 bits per heavy atom. The molecule has 0 radical (unpaired) electrons. The van der Waals surface area contributed by atoms with Crippen LogP contribution in [0.2, 0.25) is 5.02 Å². The Hall–Kier alpha value is -1.03. The second-order valence-corrected chi connectivity index (χ2v) is 5.61. The lowest BCUT2D eigenvalue weighted by Gasteiger charge is -2.06. The van der Waals surface area contributed by atoms with Crippen molar-refractivity contribution in [1.82, 2.24) is 4.98 Å². The molecule has 0 bridgehead atoms. The van der Waals surface area contributed by atoms with Gasteiger partial charge in [-0.15, -0.1) is 11.8 Å². The van der Waals surface area contributed by atoms with Gasteiger partial charge in [0.25, 0.3) is 0 Å². The molecule has 0 saturated carbocycles. The van der Waals surface area contributed by atoms with Crippen LogP contribution in [0.1, 0.15) is 24.2 Å². The van der Waals surface area contributed by atoms with Crippen LogP contribution in [0, 0.1) is 0 Å². The van der Waals surface area contributed by atoms with Gasteiger partial charge in [0.2, 0.25) is 0 Å². The molecule has 1 heterocycles. The first-order chi connectivity index (χ1) is 8.65. The first kappa shape index (κ1) is 13.4. The Labute approximate surface area is 117 Å². The summed E-state index contributed by atoms with van der Waals surface area (Å²) in [5.41, 5.74) is 7.93. The average molecular weight is 279 g/mol. The van der Waals surface area contributed by atoms with Crippen LogP contribution in [0.25, 0.3) is 0 Å². The number of rotatable bonds is 4. The van der Waals surface area contributed by atoms with Crippen LogP contribution >= 0.6 is 23.4 Å². The molecular formula is C14H15ClN2S. The van der Waals surface area contributed by atoms with Crippen LogP contribution in [-0.4, -0.2) is 4.98 Å². The lowest BCUT2D eigenvalue weighted by molar-refractivity contribution is 0.777. The second-order valence-electron chi connectivity index (χ2n) is 4.12. The number of hydrogen-bond donors (Lipinski definition) is 1. The van der Waals surface area contributed by atoms with Crippen molar-refractivity contribution in [2.45, 2.75) is 23.6 Å². The highest BCUT2D eigenvalue weighted by Gasteiger charge is 2.01. The topological polar surface area (TPSA) is 38.9 Å². The minimum Gasteiger partial charge on any atom is -0.323 e. The van der Waals surface area contributed by atoms with Crippen molar-refractivity contribution >= 4 is 23.4 Å². The Morgan fingerprint density at radius 2 is 1.94 bits per heavy atom. The number of nitrogens with two attached hydrogens (primary N) is 1. The smallest absolute Gasteiger partial charge is 0.0569 e. The number of nitrogens with zero attached hydrogens (tertiary/aromatic N) is 1. The molecule has 4 heteroatoms. The van der Waals surface area contributed by atoms with Gasteiger partial charge in [0, 0.05) is 27.9 Å². The number of benzene rings is 1. The van der Waals surface area contributed by atoms with Crippen LogP contribution < -0.4 is 5.73 Å². The van der Waals surface area contributed by atoms with Crippen LogP contribution in [0.3, 0.4) is 0 Å². The van der Waals surface area contributed by atoms with E-state index < -0.39 is 0 Å². The minimum absolute atomic E-state index is 0.0136. The lowest BCUT2D eigenvalue weighted by atomic mass is 10.2. The number of thioether (sulfide) groups is 1. The predicted octanol–water partition coefficient (Wildman–Crippen LogP) is 4.05. The zero-order valence-corrected chi connectivity index (χ0v) is 11.7. The normalized spacial score (nSPS) is 12.4. The molecule has 0 aliphatic carbocycles. The summed E-state index contributed by atoms with van der Waals surface area (Å²) in [6, 6.07) is 11.9. The Morgan fingerprint density at radius 1 is 1.22 bits per heavy atom. The quantitative estimate of drug-likeness (QED) is 0.858. The monoisotopic (exact) mass is 278 g/mol. The van der Waals surface area contributed by atoms with Crippen molar-refractivity contribution in [2.75, 3.05) is 0 Å². The highest BCUT2D eigenvalue weighted by atomic mass is 35.5. The Kier molecular flexibility index (Phi) is 4.64. The number of aromatic nitrogens is 1. The van der Waals surface area contributed by atoms with Gasteiger partial charge in [0.15, 0.2) is 0 Å². The molecule has 0 aliphatic heterocycles. The molecule has 2 rings (SSSR count). The van der Waals surface area contributed by atoms with E-state index in [4.69, 9.17) is 17.3 Å². The summed E-state index contributed by atoms with van der Waals surface area (Å²) in [5, 5.41) is 0.770. The molecule has 1 atom stereocenters. The van der Waals surface area contributed by atoms with Gasteiger partial charge < -0.3 is 5.73 Å². The molecule has 2 N–H and O–H groups in total. The maximum atomic E-state index is 5.85. The Balaban J connectivity index is 1.95. The molecule has 18 heavy (non-hydrogen) atoms. The third-order valence-corrected chi connectivity index (χ3v) is 3.85. The summed E-state index contributed by atoms with van der Waals surface area (Å²) >= 11 is 7.60. The summed E-state index contributed by atoms with van der Waals surface area (Å²) in [6.07, 6.45) is 1.87. The lowest BCUT2D eigenvalue weighted by Crippen LogP contribution is -2.06. The van der Waals surface area contributed by atoms with Gasteiger partial charge in [0.1, 0.15) is 0 Å². The van der Waals surface area contributed by atoms with Gasteiger partial charge in [-0.05, 0) is 36.8 Å². The fraction of sp³-hybridized carbons (Fsp3) is 0.214. The van der Waals surface area contributed by atoms with Crippen molar-refractivity contribution < 1.29 is 0 Å². The van der Waals surface area contributed by atoms with Crippen molar-refractivity contribution in [3.8, 4) is 0 Å². The zero-order valence-electron chi connectivity index (χ0n) is 10.1. The summed E-state index contributed by atoms with van der Waals surface area (Å²) in [4.78, 5) is 5.49. The summed E-state index contributed by atoms with van der Waals surface area (Å²) in [5.74, 6) is 0.913. The summed E-state index contributed by atoms with van der Waals surface area (Å²) in [7, 11) is 0. The van der Waals surface area contributed by atoms with Crippen molar-refractivity contribution in [3.05, 3.63) is 58.9 Å². The third-order valence-electron chi connectivity index (χ3n) is 2.54. The number of hydrogen-bond acceptors (Lipinski definition) is 3. The second kappa shape index (κ2) is 6.23. The first-order valence-corrected chi connectivity index (χ1v) is 7.10. The highest BCUT2D eigenvalue weighted by molar-refractivity contribution is 7.98. The predicted molar refractivity (Wildman–Crippen MR) is 77.9 cm³/mol. The van der Waals surface area contributed by atoms with Crippen molar-refractivity contribution in [1.29, 1.82) is 0 Å². The zero-order chi connectivity index (χ0) is 13.0. The standard InChI is InChI=1S/C14H15ClN2S/c1-10(16)14-7-6-13(8-17-14)18-9-11-2-4-12(15)5-3-11/h2-8,10H,9,16H2,1H3/t10-/m0/s1. The SMILES string of the molecule is C[C@H](N)c1ccc(SCc2ccc(Cl)cc2)cn1. The van der Waals surface area contributed by atoms with E-state index in [0.29, 0.717) is 0 Å². The molecule has 0 fully saturated rings. The van der Waals surface area contributed by atoms with Gasteiger partial charge >= 0.3 is 0 Å². The van der Waals surface area contributed by atoms with Crippen LogP contribution in [0.5, 0.6) is 0 Å². The van der Waals surface area contributed by atoms with E-state index >= 15 is 0 Å². The van der Waals surface area contributed by atoms with Gasteiger partial charge in [-0.3, -0.25) is 4.98 Å². The van der Waals surface area contributed by atoms with Crippen LogP contribution in [0.4, 0.5) is 0 Å². The van der Waals surface area contributed by atoms with E-state index in [0.717, 1.165) is 21.4 Å². The maximum absolute atomic E-state index is 5.85. The molecule has 2 aromatic rings. The molecule has 2 nitrogen and oxygen atoms in total. The molecule has 1 aromatic carbocycles. The van der Waals surface area contributed by atoms with Crippen LogP contribution in [-0.2, 0) is 5.75 Å². The number of pyridine rings is 1. The van der Waals surface area contributed by atoms with E-state index in [-0.39, 0.29) is 6.04 Å². The van der Waals surface area contributed by atoms with E-state index in [1.807, 2.05) is 43.5 Å². The molecule has 0 saturated heterocycles. The average Bonchev–Trinajstić information content (AvgIpc) is 2.38. The van der Waals surface area contributed by atoms with Crippen LogP contribution in [0.15, 0.2) is 47.5 Å². The van der Waals surface area contributed by atoms with Crippen molar-refractivity contribution in [2.24, 2.45) is 5.73 Å². The third kappa shape index (κ3) is 3.73. The van der Waals surface area contributed by atoms with E-state index in [1.165, 1.54) is 5.56 Å². The highest BCUT2D eigenvalue weighted by Crippen LogP contribution is 2.23. The summed E-state index contributed by atoms with van der Waals surface area (Å²) < 4.78 is 0. The molecular weight excluding hydrogens is 264 g/mol. The Bertz CT molecular complexity index is 494. The first-order valence-electron chi connectivity index (χ1n) is 5.74. The molecule has 0 unspecified atom stereocenters. The molecule has 0 amide bonds.